The van der Waals surface area contributed by atoms with Crippen molar-refractivity contribution in [1.82, 2.24) is 19.6 Å². The van der Waals surface area contributed by atoms with Gasteiger partial charge in [0.05, 0.1) is 13.1 Å². The number of carbonyl (C=O) groups excluding carboxylic acids is 2. The molecule has 2 amide bonds. The molecule has 0 unspecified atom stereocenters. The molecule has 136 valence electrons. The molecule has 0 spiro atoms. The zero-order valence-corrected chi connectivity index (χ0v) is 15.3. The van der Waals surface area contributed by atoms with Gasteiger partial charge < -0.3 is 9.80 Å². The first-order valence-electron chi connectivity index (χ1n) is 9.02. The van der Waals surface area contributed by atoms with Crippen LogP contribution in [0.1, 0.15) is 11.1 Å². The Kier molecular flexibility index (Phi) is 5.71. The minimum atomic E-state index is 0.136. The summed E-state index contributed by atoms with van der Waals surface area (Å²) in [4.78, 5) is 32.4. The lowest BCUT2D eigenvalue weighted by molar-refractivity contribution is -0.135. The normalized spacial score (nSPS) is 18.7. The molecule has 6 heteroatoms. The fourth-order valence-corrected chi connectivity index (χ4v) is 3.44. The maximum atomic E-state index is 12.6. The molecule has 0 bridgehead atoms. The van der Waals surface area contributed by atoms with E-state index in [-0.39, 0.29) is 11.8 Å². The second kappa shape index (κ2) is 7.97. The van der Waals surface area contributed by atoms with Crippen LogP contribution in [0.15, 0.2) is 24.3 Å². The summed E-state index contributed by atoms with van der Waals surface area (Å²) in [5.41, 5.74) is 2.64. The van der Waals surface area contributed by atoms with Crippen LogP contribution in [0, 0.1) is 0 Å². The van der Waals surface area contributed by atoms with Crippen molar-refractivity contribution in [1.29, 1.82) is 0 Å². The van der Waals surface area contributed by atoms with Crippen LogP contribution in [0.4, 0.5) is 0 Å². The van der Waals surface area contributed by atoms with E-state index in [1.807, 2.05) is 11.0 Å². The zero-order valence-electron chi connectivity index (χ0n) is 15.3. The van der Waals surface area contributed by atoms with Crippen LogP contribution in [-0.4, -0.2) is 91.3 Å². The minimum Gasteiger partial charge on any atom is -0.348 e. The molecule has 1 aromatic rings. The summed E-state index contributed by atoms with van der Waals surface area (Å²) < 4.78 is 0. The molecule has 1 saturated heterocycles. The highest BCUT2D eigenvalue weighted by molar-refractivity contribution is 5.79. The largest absolute Gasteiger partial charge is 0.348 e. The molecule has 0 radical (unpaired) electrons. The van der Waals surface area contributed by atoms with E-state index < -0.39 is 0 Å². The van der Waals surface area contributed by atoms with E-state index in [1.54, 1.807) is 19.0 Å². The van der Waals surface area contributed by atoms with Gasteiger partial charge in [0.2, 0.25) is 11.8 Å². The predicted molar refractivity (Wildman–Crippen MR) is 97.1 cm³/mol. The molecule has 1 aromatic carbocycles. The third-order valence-corrected chi connectivity index (χ3v) is 5.16. The van der Waals surface area contributed by atoms with Gasteiger partial charge in [-0.05, 0) is 17.5 Å². The Morgan fingerprint density at radius 1 is 0.920 bits per heavy atom. The van der Waals surface area contributed by atoms with Crippen LogP contribution in [-0.2, 0) is 22.6 Å². The van der Waals surface area contributed by atoms with Crippen LogP contribution < -0.4 is 0 Å². The van der Waals surface area contributed by atoms with E-state index in [0.29, 0.717) is 13.1 Å². The number of piperazine rings is 1. The Morgan fingerprint density at radius 2 is 1.52 bits per heavy atom. The molecule has 6 nitrogen and oxygen atoms in total. The highest BCUT2D eigenvalue weighted by Gasteiger charge is 2.25. The van der Waals surface area contributed by atoms with Gasteiger partial charge in [-0.25, -0.2) is 0 Å². The topological polar surface area (TPSA) is 47.1 Å². The van der Waals surface area contributed by atoms with E-state index in [4.69, 9.17) is 0 Å². The molecule has 0 aromatic heterocycles. The smallest absolute Gasteiger partial charge is 0.237 e. The van der Waals surface area contributed by atoms with Crippen LogP contribution >= 0.6 is 0 Å². The fraction of sp³-hybridized carbons (Fsp3) is 0.579. The minimum absolute atomic E-state index is 0.136. The lowest BCUT2D eigenvalue weighted by Gasteiger charge is -2.36. The van der Waals surface area contributed by atoms with Gasteiger partial charge in [0.15, 0.2) is 0 Å². The lowest BCUT2D eigenvalue weighted by Crippen LogP contribution is -2.52. The average Bonchev–Trinajstić information content (AvgIpc) is 2.62. The molecular formula is C19H28N4O2. The van der Waals surface area contributed by atoms with Gasteiger partial charge in [-0.15, -0.1) is 0 Å². The summed E-state index contributed by atoms with van der Waals surface area (Å²) in [6.07, 6.45) is 0.947. The molecule has 1 fully saturated rings. The first-order chi connectivity index (χ1) is 12.0. The van der Waals surface area contributed by atoms with Gasteiger partial charge in [0, 0.05) is 53.4 Å². The Balaban J connectivity index is 1.45. The van der Waals surface area contributed by atoms with Gasteiger partial charge in [0.1, 0.15) is 0 Å². The van der Waals surface area contributed by atoms with Crippen molar-refractivity contribution in [3.8, 4) is 0 Å². The summed E-state index contributed by atoms with van der Waals surface area (Å²) in [6, 6.07) is 8.39. The van der Waals surface area contributed by atoms with Crippen molar-refractivity contribution in [3.05, 3.63) is 35.4 Å². The number of carbonyl (C=O) groups is 2. The first kappa shape index (κ1) is 17.9. The Labute approximate surface area is 150 Å². The maximum Gasteiger partial charge on any atom is 0.237 e. The van der Waals surface area contributed by atoms with E-state index in [9.17, 15) is 9.59 Å². The van der Waals surface area contributed by atoms with Crippen LogP contribution in [0.5, 0.6) is 0 Å². The number of nitrogens with zero attached hydrogens (tertiary/aromatic N) is 4. The van der Waals surface area contributed by atoms with Crippen molar-refractivity contribution in [2.45, 2.75) is 13.0 Å². The van der Waals surface area contributed by atoms with E-state index in [1.165, 1.54) is 11.1 Å². The number of rotatable bonds is 4. The van der Waals surface area contributed by atoms with Gasteiger partial charge in [-0.2, -0.15) is 0 Å². The quantitative estimate of drug-likeness (QED) is 0.787. The maximum absolute atomic E-state index is 12.6. The lowest BCUT2D eigenvalue weighted by atomic mass is 10.00. The molecule has 2 heterocycles. The fourth-order valence-electron chi connectivity index (χ4n) is 3.44. The highest BCUT2D eigenvalue weighted by atomic mass is 16.2. The summed E-state index contributed by atoms with van der Waals surface area (Å²) in [5, 5.41) is 0. The zero-order chi connectivity index (χ0) is 17.8. The molecular weight excluding hydrogens is 316 g/mol. The Morgan fingerprint density at radius 3 is 2.16 bits per heavy atom. The van der Waals surface area contributed by atoms with Crippen molar-refractivity contribution < 1.29 is 9.59 Å². The van der Waals surface area contributed by atoms with Crippen molar-refractivity contribution in [2.75, 3.05) is 59.9 Å². The number of hydrogen-bond acceptors (Lipinski definition) is 4. The van der Waals surface area contributed by atoms with Gasteiger partial charge in [0.25, 0.3) is 0 Å². The monoisotopic (exact) mass is 344 g/mol. The molecule has 2 aliphatic heterocycles. The molecule has 2 aliphatic rings. The number of hydrogen-bond donors (Lipinski definition) is 0. The SMILES string of the molecule is CN(C)C(=O)CN1CCN(CC(=O)N2CCc3ccccc3C2)CC1. The van der Waals surface area contributed by atoms with E-state index >= 15 is 0 Å². The summed E-state index contributed by atoms with van der Waals surface area (Å²) >= 11 is 0. The number of likely N-dealkylation sites (N-methyl/N-ethyl adjacent to an activating group) is 1. The third kappa shape index (κ3) is 4.58. The summed E-state index contributed by atoms with van der Waals surface area (Å²) in [6.45, 7) is 5.87. The second-order valence-electron chi connectivity index (χ2n) is 7.17. The third-order valence-electron chi connectivity index (χ3n) is 5.16. The summed E-state index contributed by atoms with van der Waals surface area (Å²) in [7, 11) is 3.57. The average molecular weight is 344 g/mol. The highest BCUT2D eigenvalue weighted by Crippen LogP contribution is 2.18. The molecule has 3 rings (SSSR count). The molecule has 0 saturated carbocycles. The van der Waals surface area contributed by atoms with Gasteiger partial charge in [-0.3, -0.25) is 19.4 Å². The standard InChI is InChI=1S/C19H28N4O2/c1-20(2)18(24)14-21-9-11-22(12-10-21)15-19(25)23-8-7-16-5-3-4-6-17(16)13-23/h3-6H,7-15H2,1-2H3. The molecule has 0 atom stereocenters. The molecule has 0 aliphatic carbocycles. The van der Waals surface area contributed by atoms with Crippen LogP contribution in [0.3, 0.4) is 0 Å². The Hall–Kier alpha value is -1.92. The number of amides is 2. The Bertz CT molecular complexity index is 624. The molecule has 0 N–H and O–H groups in total. The van der Waals surface area contributed by atoms with E-state index in [2.05, 4.69) is 28.0 Å². The number of benzene rings is 1. The van der Waals surface area contributed by atoms with Crippen LogP contribution in [0.25, 0.3) is 0 Å². The van der Waals surface area contributed by atoms with Crippen LogP contribution in [0.2, 0.25) is 0 Å². The number of fused-ring (bicyclic) bond motifs is 1. The van der Waals surface area contributed by atoms with Gasteiger partial charge in [-0.1, -0.05) is 24.3 Å². The van der Waals surface area contributed by atoms with Crippen molar-refractivity contribution in [2.24, 2.45) is 0 Å². The second-order valence-corrected chi connectivity index (χ2v) is 7.17. The van der Waals surface area contributed by atoms with E-state index in [0.717, 1.165) is 45.7 Å². The van der Waals surface area contributed by atoms with Crippen molar-refractivity contribution in [3.63, 3.8) is 0 Å². The van der Waals surface area contributed by atoms with Gasteiger partial charge >= 0.3 is 0 Å². The first-order valence-corrected chi connectivity index (χ1v) is 9.02. The predicted octanol–water partition coefficient (Wildman–Crippen LogP) is 0.277. The summed E-state index contributed by atoms with van der Waals surface area (Å²) in [5.74, 6) is 0.351. The van der Waals surface area contributed by atoms with Crippen molar-refractivity contribution >= 4 is 11.8 Å². The molecule has 25 heavy (non-hydrogen) atoms.